The Labute approximate surface area is 187 Å². The Bertz CT molecular complexity index is 1070. The molecule has 0 amide bonds. The number of aromatic nitrogens is 1. The first kappa shape index (κ1) is 21.0. The summed E-state index contributed by atoms with van der Waals surface area (Å²) >= 11 is 3.67. The van der Waals surface area contributed by atoms with E-state index in [0.717, 1.165) is 43.3 Å². The van der Waals surface area contributed by atoms with Crippen LogP contribution in [0.3, 0.4) is 0 Å². The lowest BCUT2D eigenvalue weighted by Crippen LogP contribution is -2.24. The van der Waals surface area contributed by atoms with E-state index in [9.17, 15) is 0 Å². The van der Waals surface area contributed by atoms with E-state index in [2.05, 4.69) is 79.0 Å². The van der Waals surface area contributed by atoms with Gasteiger partial charge in [-0.1, -0.05) is 20.1 Å². The second kappa shape index (κ2) is 8.84. The molecule has 4 heterocycles. The topological polar surface area (TPSA) is 41.0 Å². The van der Waals surface area contributed by atoms with E-state index in [4.69, 9.17) is 0 Å². The molecule has 0 aromatic carbocycles. The van der Waals surface area contributed by atoms with Crippen molar-refractivity contribution in [2.75, 3.05) is 11.9 Å². The Morgan fingerprint density at radius 2 is 1.97 bits per heavy atom. The number of fused-ring (bicyclic) bond motifs is 1. The zero-order valence-corrected chi connectivity index (χ0v) is 19.7. The van der Waals surface area contributed by atoms with Gasteiger partial charge < -0.3 is 20.5 Å². The van der Waals surface area contributed by atoms with Crippen LogP contribution in [0.2, 0.25) is 0 Å². The van der Waals surface area contributed by atoms with Crippen LogP contribution in [0.15, 0.2) is 43.5 Å². The molecule has 6 heteroatoms. The highest BCUT2D eigenvalue weighted by molar-refractivity contribution is 7.16. The first-order valence-corrected chi connectivity index (χ1v) is 12.1. The zero-order valence-electron chi connectivity index (χ0n) is 18.0. The van der Waals surface area contributed by atoms with Crippen molar-refractivity contribution in [3.63, 3.8) is 0 Å². The van der Waals surface area contributed by atoms with Crippen LogP contribution in [0.25, 0.3) is 10.6 Å². The van der Waals surface area contributed by atoms with Crippen LogP contribution < -0.4 is 16.0 Å². The number of rotatable bonds is 8. The summed E-state index contributed by atoms with van der Waals surface area (Å²) < 4.78 is 2.23. The zero-order chi connectivity index (χ0) is 21.3. The predicted molar refractivity (Wildman–Crippen MR) is 132 cm³/mol. The Kier molecular flexibility index (Phi) is 6.18. The molecule has 3 N–H and O–H groups in total. The molecule has 30 heavy (non-hydrogen) atoms. The second-order valence-electron chi connectivity index (χ2n) is 7.71. The lowest BCUT2D eigenvalue weighted by molar-refractivity contribution is 0.647. The summed E-state index contributed by atoms with van der Waals surface area (Å²) in [6.07, 6.45) is 6.27. The van der Waals surface area contributed by atoms with Crippen molar-refractivity contribution in [3.8, 4) is 5.00 Å². The molecule has 3 aromatic rings. The number of hydrogen-bond acceptors (Lipinski definition) is 5. The first-order valence-electron chi connectivity index (χ1n) is 10.4. The molecule has 0 unspecified atom stereocenters. The van der Waals surface area contributed by atoms with Crippen molar-refractivity contribution in [1.82, 2.24) is 15.2 Å². The summed E-state index contributed by atoms with van der Waals surface area (Å²) in [6, 6.07) is 4.16. The third kappa shape index (κ3) is 4.00. The molecule has 0 spiro atoms. The van der Waals surface area contributed by atoms with Crippen LogP contribution in [0.5, 0.6) is 0 Å². The van der Waals surface area contributed by atoms with Gasteiger partial charge in [0.05, 0.1) is 5.82 Å². The molecule has 4 nitrogen and oxygen atoms in total. The third-order valence-electron chi connectivity index (χ3n) is 5.76. The van der Waals surface area contributed by atoms with Crippen LogP contribution in [0, 0.1) is 13.8 Å². The smallest absolute Gasteiger partial charge is 0.105 e. The monoisotopic (exact) mass is 438 g/mol. The molecule has 0 saturated carbocycles. The highest BCUT2D eigenvalue weighted by atomic mass is 32.1. The van der Waals surface area contributed by atoms with Crippen molar-refractivity contribution in [2.45, 2.75) is 46.7 Å². The maximum Gasteiger partial charge on any atom is 0.105 e. The number of nitrogens with one attached hydrogen (secondary N) is 3. The van der Waals surface area contributed by atoms with Crippen molar-refractivity contribution in [1.29, 1.82) is 0 Å². The third-order valence-corrected chi connectivity index (χ3v) is 8.17. The predicted octanol–water partition coefficient (Wildman–Crippen LogP) is 5.96. The summed E-state index contributed by atoms with van der Waals surface area (Å²) in [5, 5.41) is 13.0. The fourth-order valence-electron chi connectivity index (χ4n) is 3.94. The first-order chi connectivity index (χ1) is 14.5. The van der Waals surface area contributed by atoms with Gasteiger partial charge in [0.15, 0.2) is 0 Å². The van der Waals surface area contributed by atoms with Gasteiger partial charge in [-0.3, -0.25) is 0 Å². The van der Waals surface area contributed by atoms with Gasteiger partial charge in [0.1, 0.15) is 10.0 Å². The fraction of sp³-hybridized carbons (Fsp3) is 0.333. The molecule has 158 valence electrons. The number of allylic oxidation sites excluding steroid dienone is 1. The summed E-state index contributed by atoms with van der Waals surface area (Å²) in [4.78, 5) is 2.77. The van der Waals surface area contributed by atoms with E-state index >= 15 is 0 Å². The SMILES string of the molecule is C=C(NCc1c(-n2cccc2)sc2c1CCNC2)Nc1sc(C)c(C)c1C(=C)CC. The van der Waals surface area contributed by atoms with E-state index < -0.39 is 0 Å². The maximum absolute atomic E-state index is 4.27. The molecule has 4 rings (SSSR count). The Hall–Kier alpha value is -2.28. The van der Waals surface area contributed by atoms with Crippen LogP contribution in [0.1, 0.15) is 45.4 Å². The van der Waals surface area contributed by atoms with Crippen LogP contribution in [-0.2, 0) is 19.5 Å². The average Bonchev–Trinajstić information content (AvgIpc) is 3.45. The molecule has 1 aliphatic rings. The molecule has 0 aliphatic carbocycles. The van der Waals surface area contributed by atoms with Gasteiger partial charge in [-0.25, -0.2) is 0 Å². The van der Waals surface area contributed by atoms with Gasteiger partial charge in [-0.05, 0) is 62.1 Å². The minimum absolute atomic E-state index is 0.762. The standard InChI is InChI=1S/C24H30N4S2/c1-6-15(2)22-16(3)17(4)29-23(22)27-18(5)26-13-20-19-9-10-25-14-21(19)30-24(20)28-11-7-8-12-28/h7-8,11-12,25-27H,2,5-6,9-10,13-14H2,1,3-4H3. The van der Waals surface area contributed by atoms with Crippen molar-refractivity contribution >= 4 is 33.2 Å². The minimum atomic E-state index is 0.762. The van der Waals surface area contributed by atoms with E-state index in [0.29, 0.717) is 0 Å². The molecule has 3 aromatic heterocycles. The number of thiophene rings is 2. The quantitative estimate of drug-likeness (QED) is 0.406. The van der Waals surface area contributed by atoms with Gasteiger partial charge in [0.2, 0.25) is 0 Å². The molecule has 0 radical (unpaired) electrons. The van der Waals surface area contributed by atoms with Crippen molar-refractivity contribution in [2.24, 2.45) is 0 Å². The fourth-order valence-corrected chi connectivity index (χ4v) is 6.38. The van der Waals surface area contributed by atoms with Gasteiger partial charge in [-0.2, -0.15) is 0 Å². The van der Waals surface area contributed by atoms with Gasteiger partial charge in [0, 0.05) is 46.4 Å². The van der Waals surface area contributed by atoms with Gasteiger partial charge in [0.25, 0.3) is 0 Å². The Morgan fingerprint density at radius 3 is 2.70 bits per heavy atom. The van der Waals surface area contributed by atoms with Gasteiger partial charge >= 0.3 is 0 Å². The summed E-state index contributed by atoms with van der Waals surface area (Å²) in [5.41, 5.74) is 6.60. The van der Waals surface area contributed by atoms with Gasteiger partial charge in [-0.15, -0.1) is 22.7 Å². The lowest BCUT2D eigenvalue weighted by Gasteiger charge is -2.17. The van der Waals surface area contributed by atoms with Crippen molar-refractivity contribution < 1.29 is 0 Å². The molecular weight excluding hydrogens is 408 g/mol. The summed E-state index contributed by atoms with van der Waals surface area (Å²) in [5.74, 6) is 0.828. The molecule has 0 fully saturated rings. The van der Waals surface area contributed by atoms with E-state index in [1.165, 1.54) is 42.6 Å². The molecule has 0 atom stereocenters. The Balaban J connectivity index is 1.54. The van der Waals surface area contributed by atoms with Crippen LogP contribution >= 0.6 is 22.7 Å². The summed E-state index contributed by atoms with van der Waals surface area (Å²) in [7, 11) is 0. The maximum atomic E-state index is 4.27. The largest absolute Gasteiger partial charge is 0.368 e. The van der Waals surface area contributed by atoms with Crippen molar-refractivity contribution in [3.05, 3.63) is 75.5 Å². The molecular formula is C24H30N4S2. The highest BCUT2D eigenvalue weighted by Crippen LogP contribution is 2.38. The lowest BCUT2D eigenvalue weighted by atomic mass is 10.0. The van der Waals surface area contributed by atoms with Crippen LogP contribution in [0.4, 0.5) is 5.00 Å². The number of anilines is 1. The number of aryl methyl sites for hydroxylation is 1. The second-order valence-corrected chi connectivity index (χ2v) is 10.0. The van der Waals surface area contributed by atoms with E-state index in [-0.39, 0.29) is 0 Å². The van der Waals surface area contributed by atoms with Crippen LogP contribution in [-0.4, -0.2) is 11.1 Å². The summed E-state index contributed by atoms with van der Waals surface area (Å²) in [6.45, 7) is 17.8. The number of hydrogen-bond donors (Lipinski definition) is 3. The molecule has 0 bridgehead atoms. The highest BCUT2D eigenvalue weighted by Gasteiger charge is 2.21. The molecule has 0 saturated heterocycles. The Morgan fingerprint density at radius 1 is 1.20 bits per heavy atom. The minimum Gasteiger partial charge on any atom is -0.368 e. The van der Waals surface area contributed by atoms with E-state index in [1.807, 2.05) is 11.3 Å². The normalized spacial score (nSPS) is 13.2. The number of nitrogens with zero attached hydrogens (tertiary/aromatic N) is 1. The average molecular weight is 439 g/mol. The molecule has 1 aliphatic heterocycles. The van der Waals surface area contributed by atoms with E-state index in [1.54, 1.807) is 11.3 Å².